The van der Waals surface area contributed by atoms with Crippen LogP contribution >= 0.6 is 0 Å². The van der Waals surface area contributed by atoms with Crippen LogP contribution in [0.25, 0.3) is 0 Å². The number of rotatable bonds is 5. The zero-order chi connectivity index (χ0) is 14.0. The van der Waals surface area contributed by atoms with Crippen LogP contribution < -0.4 is 11.1 Å². The van der Waals surface area contributed by atoms with Gasteiger partial charge in [0.1, 0.15) is 0 Å². The minimum Gasteiger partial charge on any atom is -0.397 e. The van der Waals surface area contributed by atoms with E-state index >= 15 is 0 Å². The lowest BCUT2D eigenvalue weighted by Gasteiger charge is -2.09. The summed E-state index contributed by atoms with van der Waals surface area (Å²) in [6.45, 7) is 1.76. The lowest BCUT2D eigenvalue weighted by Crippen LogP contribution is -2.27. The van der Waals surface area contributed by atoms with E-state index in [1.54, 1.807) is 19.1 Å². The molecule has 2 rings (SSSR count). The van der Waals surface area contributed by atoms with Crippen molar-refractivity contribution in [1.29, 1.82) is 0 Å². The number of aryl methyl sites for hydroxylation is 1. The minimum atomic E-state index is -3.51. The van der Waals surface area contributed by atoms with Crippen molar-refractivity contribution in [2.45, 2.75) is 37.1 Å². The maximum atomic E-state index is 12.2. The number of carbonyl (C=O) groups excluding carboxylic acids is 1. The smallest absolute Gasteiger partial charge is 0.221 e. The van der Waals surface area contributed by atoms with Crippen LogP contribution in [0.3, 0.4) is 0 Å². The summed E-state index contributed by atoms with van der Waals surface area (Å²) in [6, 6.07) is 5.15. The second-order valence-corrected chi connectivity index (χ2v) is 6.97. The van der Waals surface area contributed by atoms with Gasteiger partial charge in [-0.15, -0.1) is 0 Å². The Balaban J connectivity index is 2.05. The second kappa shape index (κ2) is 5.21. The third-order valence-electron chi connectivity index (χ3n) is 3.16. The molecule has 1 amide bonds. The van der Waals surface area contributed by atoms with Crippen molar-refractivity contribution in [1.82, 2.24) is 5.32 Å². The molecule has 1 aliphatic rings. The molecular weight excluding hydrogens is 264 g/mol. The number of anilines is 1. The molecule has 0 spiro atoms. The number of carbonyl (C=O) groups is 1. The fraction of sp³-hybridized carbons (Fsp3) is 0.462. The van der Waals surface area contributed by atoms with Gasteiger partial charge in [0.15, 0.2) is 9.84 Å². The van der Waals surface area contributed by atoms with E-state index in [1.165, 1.54) is 6.07 Å². The van der Waals surface area contributed by atoms with E-state index in [4.69, 9.17) is 5.73 Å². The number of nitrogen functional groups attached to an aromatic ring is 1. The zero-order valence-electron chi connectivity index (χ0n) is 10.8. The van der Waals surface area contributed by atoms with Gasteiger partial charge in [-0.05, 0) is 31.4 Å². The van der Waals surface area contributed by atoms with E-state index in [9.17, 15) is 13.2 Å². The summed E-state index contributed by atoms with van der Waals surface area (Å²) in [4.78, 5) is 11.6. The highest BCUT2D eigenvalue weighted by atomic mass is 32.2. The molecule has 0 aromatic heterocycles. The van der Waals surface area contributed by atoms with Gasteiger partial charge < -0.3 is 11.1 Å². The summed E-state index contributed by atoms with van der Waals surface area (Å²) in [7, 11) is -3.51. The molecule has 0 atom stereocenters. The van der Waals surface area contributed by atoms with Gasteiger partial charge >= 0.3 is 0 Å². The first kappa shape index (κ1) is 13.9. The highest BCUT2D eigenvalue weighted by molar-refractivity contribution is 7.91. The van der Waals surface area contributed by atoms with E-state index in [0.29, 0.717) is 0 Å². The maximum absolute atomic E-state index is 12.2. The summed E-state index contributed by atoms with van der Waals surface area (Å²) < 4.78 is 24.3. The summed E-state index contributed by atoms with van der Waals surface area (Å²) in [6.07, 6.45) is 1.96. The Morgan fingerprint density at radius 3 is 2.74 bits per heavy atom. The van der Waals surface area contributed by atoms with Crippen LogP contribution in [0, 0.1) is 6.92 Å². The third-order valence-corrected chi connectivity index (χ3v) is 4.93. The average molecular weight is 282 g/mol. The fourth-order valence-corrected chi connectivity index (χ4v) is 3.25. The molecular formula is C13H18N2O3S. The van der Waals surface area contributed by atoms with Crippen LogP contribution in [0.15, 0.2) is 23.1 Å². The van der Waals surface area contributed by atoms with Crippen molar-refractivity contribution in [3.05, 3.63) is 23.8 Å². The average Bonchev–Trinajstić information content (AvgIpc) is 3.14. The lowest BCUT2D eigenvalue weighted by molar-refractivity contribution is -0.120. The van der Waals surface area contributed by atoms with Crippen molar-refractivity contribution in [3.63, 3.8) is 0 Å². The molecule has 6 heteroatoms. The van der Waals surface area contributed by atoms with Gasteiger partial charge in [0.2, 0.25) is 5.91 Å². The first-order chi connectivity index (χ1) is 8.90. The number of sulfone groups is 1. The standard InChI is InChI=1S/C13H18N2O3S/c1-9-3-2-4-11(13(9)14)19(17,18)8-7-12(16)15-10-5-6-10/h2-4,10H,5-8,14H2,1H3,(H,15,16). The van der Waals surface area contributed by atoms with E-state index < -0.39 is 9.84 Å². The summed E-state index contributed by atoms with van der Waals surface area (Å²) in [5.74, 6) is -0.420. The van der Waals surface area contributed by atoms with Crippen LogP contribution in [0.2, 0.25) is 0 Å². The third kappa shape index (κ3) is 3.47. The Hall–Kier alpha value is -1.56. The van der Waals surface area contributed by atoms with E-state index in [2.05, 4.69) is 5.32 Å². The number of hydrogen-bond acceptors (Lipinski definition) is 4. The number of benzene rings is 1. The molecule has 0 heterocycles. The number of hydrogen-bond donors (Lipinski definition) is 2. The molecule has 1 saturated carbocycles. The van der Waals surface area contributed by atoms with Crippen molar-refractivity contribution in [3.8, 4) is 0 Å². The Kier molecular flexibility index (Phi) is 3.80. The first-order valence-corrected chi connectivity index (χ1v) is 7.92. The first-order valence-electron chi connectivity index (χ1n) is 6.27. The molecule has 19 heavy (non-hydrogen) atoms. The molecule has 3 N–H and O–H groups in total. The van der Waals surface area contributed by atoms with E-state index in [-0.39, 0.29) is 34.7 Å². The SMILES string of the molecule is Cc1cccc(S(=O)(=O)CCC(=O)NC2CC2)c1N. The summed E-state index contributed by atoms with van der Waals surface area (Å²) in [5.41, 5.74) is 6.78. The van der Waals surface area contributed by atoms with Crippen LogP contribution in [0.4, 0.5) is 5.69 Å². The van der Waals surface area contributed by atoms with Gasteiger partial charge in [-0.25, -0.2) is 8.42 Å². The van der Waals surface area contributed by atoms with Gasteiger partial charge in [0.25, 0.3) is 0 Å². The van der Waals surface area contributed by atoms with Crippen LogP contribution in [-0.2, 0) is 14.6 Å². The topological polar surface area (TPSA) is 89.3 Å². The van der Waals surface area contributed by atoms with Crippen molar-refractivity contribution in [2.75, 3.05) is 11.5 Å². The van der Waals surface area contributed by atoms with Gasteiger partial charge in [-0.1, -0.05) is 12.1 Å². The van der Waals surface area contributed by atoms with Crippen molar-refractivity contribution < 1.29 is 13.2 Å². The summed E-state index contributed by atoms with van der Waals surface area (Å²) >= 11 is 0. The van der Waals surface area contributed by atoms with Crippen LogP contribution in [0.5, 0.6) is 0 Å². The van der Waals surface area contributed by atoms with Crippen LogP contribution in [-0.4, -0.2) is 26.1 Å². The highest BCUT2D eigenvalue weighted by Gasteiger charge is 2.25. The number of nitrogens with two attached hydrogens (primary N) is 1. The van der Waals surface area contributed by atoms with Crippen molar-refractivity contribution >= 4 is 21.4 Å². The molecule has 0 aliphatic heterocycles. The zero-order valence-corrected chi connectivity index (χ0v) is 11.7. The van der Waals surface area contributed by atoms with Crippen molar-refractivity contribution in [2.24, 2.45) is 0 Å². The molecule has 1 fully saturated rings. The highest BCUT2D eigenvalue weighted by Crippen LogP contribution is 2.23. The molecule has 0 radical (unpaired) electrons. The predicted octanol–water partition coefficient (Wildman–Crippen LogP) is 1.02. The van der Waals surface area contributed by atoms with E-state index in [0.717, 1.165) is 18.4 Å². The number of para-hydroxylation sites is 1. The molecule has 1 aliphatic carbocycles. The molecule has 0 saturated heterocycles. The van der Waals surface area contributed by atoms with Gasteiger partial charge in [0.05, 0.1) is 16.3 Å². The predicted molar refractivity (Wildman–Crippen MR) is 73.4 cm³/mol. The largest absolute Gasteiger partial charge is 0.397 e. The lowest BCUT2D eigenvalue weighted by atomic mass is 10.2. The maximum Gasteiger partial charge on any atom is 0.221 e. The Morgan fingerprint density at radius 2 is 2.11 bits per heavy atom. The Labute approximate surface area is 113 Å². The van der Waals surface area contributed by atoms with Crippen LogP contribution in [0.1, 0.15) is 24.8 Å². The molecule has 0 bridgehead atoms. The summed E-state index contributed by atoms with van der Waals surface area (Å²) in [5, 5.41) is 2.77. The molecule has 1 aromatic carbocycles. The van der Waals surface area contributed by atoms with Gasteiger partial charge in [0, 0.05) is 12.5 Å². The molecule has 104 valence electrons. The number of amides is 1. The Bertz CT molecular complexity index is 592. The second-order valence-electron chi connectivity index (χ2n) is 4.90. The van der Waals surface area contributed by atoms with Gasteiger partial charge in [-0.3, -0.25) is 4.79 Å². The normalized spacial score (nSPS) is 15.2. The van der Waals surface area contributed by atoms with Gasteiger partial charge in [-0.2, -0.15) is 0 Å². The molecule has 1 aromatic rings. The number of nitrogens with one attached hydrogen (secondary N) is 1. The fourth-order valence-electron chi connectivity index (χ4n) is 1.79. The quantitative estimate of drug-likeness (QED) is 0.789. The van der Waals surface area contributed by atoms with E-state index in [1.807, 2.05) is 0 Å². The minimum absolute atomic E-state index is 0.0216. The molecule has 5 nitrogen and oxygen atoms in total. The molecule has 0 unspecified atom stereocenters. The Morgan fingerprint density at radius 1 is 1.42 bits per heavy atom. The monoisotopic (exact) mass is 282 g/mol.